The molecule has 2 heterocycles. The number of para-hydroxylation sites is 1. The van der Waals surface area contributed by atoms with Gasteiger partial charge in [-0.15, -0.1) is 0 Å². The molecular formula is C15H12ClN3O. The van der Waals surface area contributed by atoms with Crippen LogP contribution in [-0.4, -0.2) is 15.9 Å². The van der Waals surface area contributed by atoms with Gasteiger partial charge in [0.05, 0.1) is 10.5 Å². The van der Waals surface area contributed by atoms with Crippen LogP contribution < -0.4 is 5.32 Å². The van der Waals surface area contributed by atoms with Crippen molar-refractivity contribution in [3.05, 3.63) is 58.9 Å². The van der Waals surface area contributed by atoms with Gasteiger partial charge < -0.3 is 10.3 Å². The van der Waals surface area contributed by atoms with Crippen LogP contribution in [-0.2, 0) is 0 Å². The normalized spacial score (nSPS) is 10.7. The Kier molecular flexibility index (Phi) is 3.16. The second-order valence-corrected chi connectivity index (χ2v) is 4.97. The van der Waals surface area contributed by atoms with Gasteiger partial charge in [0.2, 0.25) is 0 Å². The summed E-state index contributed by atoms with van der Waals surface area (Å²) in [7, 11) is 0. The summed E-state index contributed by atoms with van der Waals surface area (Å²) in [5.41, 5.74) is 2.26. The Hall–Kier alpha value is -2.33. The number of hydrogen-bond donors (Lipinski definition) is 2. The molecule has 0 saturated carbocycles. The van der Waals surface area contributed by atoms with Gasteiger partial charge in [-0.2, -0.15) is 0 Å². The van der Waals surface area contributed by atoms with Gasteiger partial charge in [-0.1, -0.05) is 29.8 Å². The van der Waals surface area contributed by atoms with Gasteiger partial charge in [-0.3, -0.25) is 4.79 Å². The molecule has 4 nitrogen and oxygen atoms in total. The summed E-state index contributed by atoms with van der Waals surface area (Å²) in [5, 5.41) is 4.24. The first kappa shape index (κ1) is 12.7. The second kappa shape index (κ2) is 4.98. The number of halogens is 1. The molecule has 0 aliphatic rings. The van der Waals surface area contributed by atoms with E-state index in [1.54, 1.807) is 24.4 Å². The van der Waals surface area contributed by atoms with E-state index in [4.69, 9.17) is 11.6 Å². The van der Waals surface area contributed by atoms with Crippen molar-refractivity contribution >= 4 is 34.2 Å². The largest absolute Gasteiger partial charge is 0.349 e. The fourth-order valence-corrected chi connectivity index (χ4v) is 2.20. The number of amides is 1. The second-order valence-electron chi connectivity index (χ2n) is 4.56. The summed E-state index contributed by atoms with van der Waals surface area (Å²) < 4.78 is 0. The Morgan fingerprint density at radius 2 is 2.15 bits per heavy atom. The topological polar surface area (TPSA) is 57.8 Å². The number of carbonyl (C=O) groups excluding carboxylic acids is 1. The first-order valence-electron chi connectivity index (χ1n) is 6.15. The fraction of sp³-hybridized carbons (Fsp3) is 0.0667. The summed E-state index contributed by atoms with van der Waals surface area (Å²) in [6.45, 7) is 1.94. The van der Waals surface area contributed by atoms with E-state index < -0.39 is 0 Å². The lowest BCUT2D eigenvalue weighted by Gasteiger charge is -2.02. The number of nitrogens with one attached hydrogen (secondary N) is 2. The lowest BCUT2D eigenvalue weighted by molar-refractivity contribution is 0.102. The average Bonchev–Trinajstić information content (AvgIpc) is 2.87. The molecule has 0 spiro atoms. The van der Waals surface area contributed by atoms with Crippen LogP contribution in [0, 0.1) is 6.92 Å². The minimum absolute atomic E-state index is 0.242. The molecule has 100 valence electrons. The summed E-state index contributed by atoms with van der Waals surface area (Å²) in [5.74, 6) is 0.277. The number of carbonyl (C=O) groups is 1. The van der Waals surface area contributed by atoms with Crippen molar-refractivity contribution in [2.45, 2.75) is 6.92 Å². The number of anilines is 1. The molecule has 0 fully saturated rings. The predicted octanol–water partition coefficient (Wildman–Crippen LogP) is 3.78. The van der Waals surface area contributed by atoms with Gasteiger partial charge in [0.1, 0.15) is 11.5 Å². The minimum Gasteiger partial charge on any atom is -0.349 e. The van der Waals surface area contributed by atoms with Crippen molar-refractivity contribution in [2.24, 2.45) is 0 Å². The SMILES string of the molecule is Cc1ccc(NC(=O)c2cc3cccc(Cl)c3[nH]2)nc1. The molecule has 0 aliphatic carbocycles. The van der Waals surface area contributed by atoms with E-state index in [-0.39, 0.29) is 5.91 Å². The summed E-state index contributed by atoms with van der Waals surface area (Å²) in [4.78, 5) is 19.3. The van der Waals surface area contributed by atoms with Crippen LogP contribution in [0.3, 0.4) is 0 Å². The molecule has 2 N–H and O–H groups in total. The first-order valence-corrected chi connectivity index (χ1v) is 6.52. The smallest absolute Gasteiger partial charge is 0.273 e. The predicted molar refractivity (Wildman–Crippen MR) is 80.2 cm³/mol. The molecule has 0 radical (unpaired) electrons. The third-order valence-corrected chi connectivity index (χ3v) is 3.32. The maximum atomic E-state index is 12.2. The van der Waals surface area contributed by atoms with Crippen LogP contribution >= 0.6 is 11.6 Å². The molecule has 3 aromatic rings. The molecule has 2 aromatic heterocycles. The zero-order valence-electron chi connectivity index (χ0n) is 10.8. The molecule has 0 bridgehead atoms. The van der Waals surface area contributed by atoms with E-state index >= 15 is 0 Å². The Morgan fingerprint density at radius 3 is 2.85 bits per heavy atom. The standard InChI is InChI=1S/C15H12ClN3O/c1-9-5-6-13(17-8-9)19-15(20)12-7-10-3-2-4-11(16)14(10)18-12/h2-8,18H,1H3,(H,17,19,20). The summed E-state index contributed by atoms with van der Waals surface area (Å²) in [6, 6.07) is 11.0. The third-order valence-electron chi connectivity index (χ3n) is 3.00. The van der Waals surface area contributed by atoms with Crippen molar-refractivity contribution in [1.29, 1.82) is 0 Å². The van der Waals surface area contributed by atoms with Crippen LogP contribution in [0.4, 0.5) is 5.82 Å². The van der Waals surface area contributed by atoms with E-state index in [0.717, 1.165) is 16.5 Å². The molecule has 20 heavy (non-hydrogen) atoms. The Morgan fingerprint density at radius 1 is 1.30 bits per heavy atom. The molecule has 1 amide bonds. The molecular weight excluding hydrogens is 274 g/mol. The number of H-pyrrole nitrogens is 1. The highest BCUT2D eigenvalue weighted by Crippen LogP contribution is 2.23. The Balaban J connectivity index is 1.89. The lowest BCUT2D eigenvalue weighted by Crippen LogP contribution is -2.13. The van der Waals surface area contributed by atoms with Crippen LogP contribution in [0.2, 0.25) is 5.02 Å². The van der Waals surface area contributed by atoms with Gasteiger partial charge >= 0.3 is 0 Å². The maximum Gasteiger partial charge on any atom is 0.273 e. The summed E-state index contributed by atoms with van der Waals surface area (Å²) >= 11 is 6.08. The van der Waals surface area contributed by atoms with Crippen molar-refractivity contribution in [3.8, 4) is 0 Å². The number of aromatic nitrogens is 2. The zero-order chi connectivity index (χ0) is 14.1. The van der Waals surface area contributed by atoms with Gasteiger partial charge in [0, 0.05) is 11.6 Å². The van der Waals surface area contributed by atoms with E-state index in [1.165, 1.54) is 0 Å². The maximum absolute atomic E-state index is 12.2. The average molecular weight is 286 g/mol. The molecule has 0 aliphatic heterocycles. The van der Waals surface area contributed by atoms with Gasteiger partial charge in [0.15, 0.2) is 0 Å². The fourth-order valence-electron chi connectivity index (χ4n) is 1.97. The first-order chi connectivity index (χ1) is 9.63. The Labute approximate surface area is 120 Å². The monoisotopic (exact) mass is 285 g/mol. The molecule has 0 unspecified atom stereocenters. The lowest BCUT2D eigenvalue weighted by atomic mass is 10.2. The zero-order valence-corrected chi connectivity index (χ0v) is 11.5. The van der Waals surface area contributed by atoms with E-state index in [0.29, 0.717) is 16.5 Å². The number of benzene rings is 1. The van der Waals surface area contributed by atoms with Gasteiger partial charge in [-0.25, -0.2) is 4.98 Å². The van der Waals surface area contributed by atoms with Gasteiger partial charge in [0.25, 0.3) is 5.91 Å². The van der Waals surface area contributed by atoms with Crippen LogP contribution in [0.5, 0.6) is 0 Å². The van der Waals surface area contributed by atoms with Gasteiger partial charge in [-0.05, 0) is 30.7 Å². The Bertz CT molecular complexity index is 777. The van der Waals surface area contributed by atoms with Crippen molar-refractivity contribution in [1.82, 2.24) is 9.97 Å². The third kappa shape index (κ3) is 2.38. The molecule has 1 aromatic carbocycles. The molecule has 0 saturated heterocycles. The number of rotatable bonds is 2. The number of pyridine rings is 1. The van der Waals surface area contributed by atoms with Crippen molar-refractivity contribution < 1.29 is 4.79 Å². The van der Waals surface area contributed by atoms with Crippen LogP contribution in [0.25, 0.3) is 10.9 Å². The van der Waals surface area contributed by atoms with Crippen LogP contribution in [0.15, 0.2) is 42.6 Å². The molecule has 3 rings (SSSR count). The molecule has 0 atom stereocenters. The summed E-state index contributed by atoms with van der Waals surface area (Å²) in [6.07, 6.45) is 1.71. The van der Waals surface area contributed by atoms with Crippen LogP contribution in [0.1, 0.15) is 16.1 Å². The number of fused-ring (bicyclic) bond motifs is 1. The minimum atomic E-state index is -0.242. The number of hydrogen-bond acceptors (Lipinski definition) is 2. The molecule has 5 heteroatoms. The quantitative estimate of drug-likeness (QED) is 0.753. The van der Waals surface area contributed by atoms with E-state index in [1.807, 2.05) is 25.1 Å². The highest BCUT2D eigenvalue weighted by Gasteiger charge is 2.11. The number of aryl methyl sites for hydroxylation is 1. The van der Waals surface area contributed by atoms with E-state index in [9.17, 15) is 4.79 Å². The highest BCUT2D eigenvalue weighted by molar-refractivity contribution is 6.35. The van der Waals surface area contributed by atoms with E-state index in [2.05, 4.69) is 15.3 Å². The number of aromatic amines is 1. The van der Waals surface area contributed by atoms with Crippen molar-refractivity contribution in [2.75, 3.05) is 5.32 Å². The van der Waals surface area contributed by atoms with Crippen molar-refractivity contribution in [3.63, 3.8) is 0 Å². The number of nitrogens with zero attached hydrogens (tertiary/aromatic N) is 1. The highest BCUT2D eigenvalue weighted by atomic mass is 35.5.